The molecule has 4 aromatic carbocycles. The van der Waals surface area contributed by atoms with E-state index in [-0.39, 0.29) is 17.8 Å². The minimum absolute atomic E-state index is 0.0131. The Hall–Kier alpha value is -4.01. The highest BCUT2D eigenvalue weighted by Gasteiger charge is 2.08. The van der Waals surface area contributed by atoms with Gasteiger partial charge in [0, 0.05) is 33.9 Å². The second kappa shape index (κ2) is 18.6. The van der Waals surface area contributed by atoms with Gasteiger partial charge in [0.1, 0.15) is 11.5 Å². The van der Waals surface area contributed by atoms with Gasteiger partial charge in [0.2, 0.25) is 11.8 Å². The number of fused-ring (bicyclic) bond motifs is 2. The third kappa shape index (κ3) is 11.6. The number of amides is 2. The summed E-state index contributed by atoms with van der Waals surface area (Å²) in [6.45, 7) is 7.94. The SMILES string of the molecule is CCOC(C)=O.COc1cc2c(CCNC(C)=O)cccc2cc1Cl.COc1cc2c(CCNC(C)=O)cccc2cc1Cl. The van der Waals surface area contributed by atoms with Crippen molar-refractivity contribution in [1.82, 2.24) is 10.6 Å². The molecule has 4 aromatic rings. The van der Waals surface area contributed by atoms with Crippen LogP contribution in [0.5, 0.6) is 11.5 Å². The average Bonchev–Trinajstić information content (AvgIpc) is 2.97. The Morgan fingerprint density at radius 1 is 0.682 bits per heavy atom. The maximum atomic E-state index is 10.9. The van der Waals surface area contributed by atoms with Crippen molar-refractivity contribution in [2.45, 2.75) is 40.5 Å². The maximum Gasteiger partial charge on any atom is 0.302 e. The van der Waals surface area contributed by atoms with Crippen molar-refractivity contribution in [2.75, 3.05) is 33.9 Å². The van der Waals surface area contributed by atoms with Gasteiger partial charge in [0.15, 0.2) is 0 Å². The first-order valence-electron chi connectivity index (χ1n) is 14.1. The number of hydrogen-bond donors (Lipinski definition) is 2. The molecule has 4 rings (SSSR count). The highest BCUT2D eigenvalue weighted by atomic mass is 35.5. The molecule has 0 aromatic heterocycles. The fraction of sp³-hybridized carbons (Fsp3) is 0.324. The average molecular weight is 644 g/mol. The summed E-state index contributed by atoms with van der Waals surface area (Å²) in [5, 5.41) is 11.2. The summed E-state index contributed by atoms with van der Waals surface area (Å²) in [6, 6.07) is 19.8. The maximum absolute atomic E-state index is 10.9. The lowest BCUT2D eigenvalue weighted by atomic mass is 10.0. The predicted octanol–water partition coefficient (Wildman–Crippen LogP) is 6.93. The largest absolute Gasteiger partial charge is 0.495 e. The molecule has 2 N–H and O–H groups in total. The highest BCUT2D eigenvalue weighted by Crippen LogP contribution is 2.32. The summed E-state index contributed by atoms with van der Waals surface area (Å²) in [5.74, 6) is 1.10. The van der Waals surface area contributed by atoms with Crippen LogP contribution >= 0.6 is 23.2 Å². The molecule has 0 aliphatic carbocycles. The molecule has 0 spiro atoms. The van der Waals surface area contributed by atoms with Gasteiger partial charge >= 0.3 is 5.97 Å². The molecule has 2 amide bonds. The zero-order chi connectivity index (χ0) is 32.6. The molecule has 44 heavy (non-hydrogen) atoms. The van der Waals surface area contributed by atoms with E-state index in [4.69, 9.17) is 32.7 Å². The summed E-state index contributed by atoms with van der Waals surface area (Å²) in [7, 11) is 3.21. The number of esters is 1. The van der Waals surface area contributed by atoms with E-state index in [1.54, 1.807) is 21.1 Å². The fourth-order valence-electron chi connectivity index (χ4n) is 4.38. The van der Waals surface area contributed by atoms with E-state index in [0.29, 0.717) is 41.2 Å². The van der Waals surface area contributed by atoms with Gasteiger partial charge in [0.05, 0.1) is 30.9 Å². The molecule has 0 radical (unpaired) electrons. The van der Waals surface area contributed by atoms with Crippen molar-refractivity contribution in [3.63, 3.8) is 0 Å². The summed E-state index contributed by atoms with van der Waals surface area (Å²) >= 11 is 12.2. The lowest BCUT2D eigenvalue weighted by molar-refractivity contribution is -0.140. The van der Waals surface area contributed by atoms with Crippen LogP contribution in [0.2, 0.25) is 10.0 Å². The third-order valence-electron chi connectivity index (χ3n) is 6.37. The van der Waals surface area contributed by atoms with Gasteiger partial charge in [-0.05, 0) is 76.7 Å². The first kappa shape index (κ1) is 36.2. The number of ether oxygens (including phenoxy) is 3. The van der Waals surface area contributed by atoms with Gasteiger partial charge in [-0.25, -0.2) is 0 Å². The molecule has 0 bridgehead atoms. The van der Waals surface area contributed by atoms with Crippen LogP contribution < -0.4 is 20.1 Å². The quantitative estimate of drug-likeness (QED) is 0.192. The Morgan fingerprint density at radius 3 is 1.39 bits per heavy atom. The highest BCUT2D eigenvalue weighted by molar-refractivity contribution is 6.33. The van der Waals surface area contributed by atoms with Crippen molar-refractivity contribution >= 4 is 62.5 Å². The smallest absolute Gasteiger partial charge is 0.302 e. The molecule has 236 valence electrons. The van der Waals surface area contributed by atoms with Crippen molar-refractivity contribution in [3.8, 4) is 11.5 Å². The van der Waals surface area contributed by atoms with E-state index < -0.39 is 0 Å². The van der Waals surface area contributed by atoms with Gasteiger partial charge in [-0.15, -0.1) is 0 Å². The summed E-state index contributed by atoms with van der Waals surface area (Å²) in [6.07, 6.45) is 1.56. The number of carbonyl (C=O) groups is 3. The topological polar surface area (TPSA) is 103 Å². The first-order chi connectivity index (χ1) is 21.0. The minimum Gasteiger partial charge on any atom is -0.495 e. The van der Waals surface area contributed by atoms with Crippen LogP contribution in [0.4, 0.5) is 0 Å². The number of benzene rings is 4. The zero-order valence-corrected chi connectivity index (χ0v) is 27.5. The Kier molecular flexibility index (Phi) is 15.3. The van der Waals surface area contributed by atoms with E-state index >= 15 is 0 Å². The standard InChI is InChI=1S/2C15H16ClNO2.C4H8O2/c2*1-10(18)17-7-6-11-4-3-5-12-8-14(16)15(19-2)9-13(11)12;1-3-6-4(2)5/h2*3-5,8-9H,6-7H2,1-2H3,(H,17,18);3H2,1-2H3. The second-order valence-electron chi connectivity index (χ2n) is 9.64. The van der Waals surface area contributed by atoms with Gasteiger partial charge in [-0.3, -0.25) is 14.4 Å². The van der Waals surface area contributed by atoms with Crippen LogP contribution in [0, 0.1) is 0 Å². The summed E-state index contributed by atoms with van der Waals surface area (Å²) < 4.78 is 14.9. The lowest BCUT2D eigenvalue weighted by Crippen LogP contribution is -2.22. The van der Waals surface area contributed by atoms with Crippen LogP contribution in [-0.4, -0.2) is 51.7 Å². The number of carbonyl (C=O) groups excluding carboxylic acids is 3. The van der Waals surface area contributed by atoms with Gasteiger partial charge in [-0.2, -0.15) is 0 Å². The third-order valence-corrected chi connectivity index (χ3v) is 6.96. The number of halogens is 2. The van der Waals surface area contributed by atoms with Gasteiger partial charge in [0.25, 0.3) is 0 Å². The zero-order valence-electron chi connectivity index (χ0n) is 26.0. The van der Waals surface area contributed by atoms with Crippen LogP contribution in [0.25, 0.3) is 21.5 Å². The number of hydrogen-bond acceptors (Lipinski definition) is 6. The molecule has 10 heteroatoms. The molecule has 0 atom stereocenters. The second-order valence-corrected chi connectivity index (χ2v) is 10.5. The normalized spacial score (nSPS) is 10.1. The number of nitrogens with one attached hydrogen (secondary N) is 2. The van der Waals surface area contributed by atoms with E-state index in [1.165, 1.54) is 31.9 Å². The molecule has 0 heterocycles. The van der Waals surface area contributed by atoms with Crippen LogP contribution in [0.15, 0.2) is 60.7 Å². The molecular formula is C34H40Cl2N2O6. The molecule has 0 fully saturated rings. The van der Waals surface area contributed by atoms with E-state index in [0.717, 1.165) is 34.4 Å². The van der Waals surface area contributed by atoms with Gasteiger partial charge in [-0.1, -0.05) is 59.6 Å². The van der Waals surface area contributed by atoms with E-state index in [9.17, 15) is 14.4 Å². The van der Waals surface area contributed by atoms with Crippen LogP contribution in [-0.2, 0) is 32.0 Å². The van der Waals surface area contributed by atoms with Crippen molar-refractivity contribution in [1.29, 1.82) is 0 Å². The van der Waals surface area contributed by atoms with Gasteiger partial charge < -0.3 is 24.8 Å². The van der Waals surface area contributed by atoms with Crippen molar-refractivity contribution in [3.05, 3.63) is 81.8 Å². The molecule has 8 nitrogen and oxygen atoms in total. The van der Waals surface area contributed by atoms with Crippen molar-refractivity contribution in [2.24, 2.45) is 0 Å². The molecule has 0 saturated heterocycles. The van der Waals surface area contributed by atoms with Crippen molar-refractivity contribution < 1.29 is 28.6 Å². The number of rotatable bonds is 9. The summed E-state index contributed by atoms with van der Waals surface area (Å²) in [4.78, 5) is 31.6. The van der Waals surface area contributed by atoms with E-state index in [1.807, 2.05) is 48.5 Å². The Morgan fingerprint density at radius 2 is 1.09 bits per heavy atom. The lowest BCUT2D eigenvalue weighted by Gasteiger charge is -2.10. The molecule has 0 unspecified atom stereocenters. The fourth-order valence-corrected chi connectivity index (χ4v) is 4.88. The first-order valence-corrected chi connectivity index (χ1v) is 14.9. The Bertz CT molecular complexity index is 1470. The summed E-state index contributed by atoms with van der Waals surface area (Å²) in [5.41, 5.74) is 2.34. The minimum atomic E-state index is -0.211. The molecule has 0 saturated carbocycles. The monoisotopic (exact) mass is 642 g/mol. The Balaban J connectivity index is 0.000000260. The van der Waals surface area contributed by atoms with E-state index in [2.05, 4.69) is 27.5 Å². The molecule has 0 aliphatic heterocycles. The Labute approximate surface area is 269 Å². The van der Waals surface area contributed by atoms with Crippen LogP contribution in [0.1, 0.15) is 38.8 Å². The molecular weight excluding hydrogens is 603 g/mol. The molecule has 0 aliphatic rings. The van der Waals surface area contributed by atoms with Crippen LogP contribution in [0.3, 0.4) is 0 Å². The predicted molar refractivity (Wildman–Crippen MR) is 178 cm³/mol. The number of methoxy groups -OCH3 is 2.